The summed E-state index contributed by atoms with van der Waals surface area (Å²) in [5.74, 6) is 0.880. The number of rotatable bonds is 3. The van der Waals surface area contributed by atoms with Crippen LogP contribution in [0, 0.1) is 21.4 Å². The Balaban J connectivity index is 2.39. The monoisotopic (exact) mass is 396 g/mol. The lowest BCUT2D eigenvalue weighted by atomic mass is 10.2. The van der Waals surface area contributed by atoms with Gasteiger partial charge in [-0.25, -0.2) is 0 Å². The van der Waals surface area contributed by atoms with E-state index in [1.807, 2.05) is 6.07 Å². The second-order valence-corrected chi connectivity index (χ2v) is 5.45. The first-order chi connectivity index (χ1) is 9.51. The third kappa shape index (κ3) is 3.15. The predicted octanol–water partition coefficient (Wildman–Crippen LogP) is 4.78. The van der Waals surface area contributed by atoms with Crippen LogP contribution in [0.1, 0.15) is 5.56 Å². The minimum atomic E-state index is -0.490. The second kappa shape index (κ2) is 6.03. The highest BCUT2D eigenvalue weighted by molar-refractivity contribution is 9.11. The van der Waals surface area contributed by atoms with E-state index in [-0.39, 0.29) is 5.69 Å². The number of hydrogen-bond donors (Lipinski definition) is 0. The fraction of sp³-hybridized carbons (Fsp3) is 0. The first kappa shape index (κ1) is 14.5. The van der Waals surface area contributed by atoms with Crippen molar-refractivity contribution in [2.75, 3.05) is 0 Å². The van der Waals surface area contributed by atoms with Gasteiger partial charge in [0.25, 0.3) is 5.69 Å². The molecule has 0 fully saturated rings. The van der Waals surface area contributed by atoms with Gasteiger partial charge < -0.3 is 4.74 Å². The van der Waals surface area contributed by atoms with Crippen LogP contribution in [0.25, 0.3) is 0 Å². The molecule has 0 aliphatic rings. The molecule has 100 valence electrons. The van der Waals surface area contributed by atoms with Crippen LogP contribution in [0.3, 0.4) is 0 Å². The number of hydrogen-bond acceptors (Lipinski definition) is 4. The highest BCUT2D eigenvalue weighted by Gasteiger charge is 2.15. The van der Waals surface area contributed by atoms with Gasteiger partial charge in [-0.15, -0.1) is 0 Å². The number of ether oxygens (including phenoxy) is 1. The second-order valence-electron chi connectivity index (χ2n) is 3.74. The summed E-state index contributed by atoms with van der Waals surface area (Å²) in [4.78, 5) is 10.3. The summed E-state index contributed by atoms with van der Waals surface area (Å²) in [5.41, 5.74) is 0.415. The molecule has 0 atom stereocenters. The van der Waals surface area contributed by atoms with Gasteiger partial charge in [-0.05, 0) is 50.1 Å². The number of nitro benzene ring substituents is 1. The molecular weight excluding hydrogens is 392 g/mol. The van der Waals surface area contributed by atoms with E-state index < -0.39 is 4.92 Å². The van der Waals surface area contributed by atoms with Crippen molar-refractivity contribution in [2.45, 2.75) is 0 Å². The molecule has 0 heterocycles. The van der Waals surface area contributed by atoms with Gasteiger partial charge in [-0.1, -0.05) is 6.07 Å². The largest absolute Gasteiger partial charge is 0.455 e. The minimum absolute atomic E-state index is 0.0538. The first-order valence-electron chi connectivity index (χ1n) is 5.32. The SMILES string of the molecule is N#Cc1cccc(Oc2c(Br)cc([N+](=O)[O-])cc2Br)c1. The third-order valence-corrected chi connectivity index (χ3v) is 3.55. The van der Waals surface area contributed by atoms with Crippen LogP contribution in [-0.2, 0) is 0 Å². The van der Waals surface area contributed by atoms with E-state index >= 15 is 0 Å². The molecule has 7 heteroatoms. The summed E-state index contributed by atoms with van der Waals surface area (Å²) in [5, 5.41) is 19.6. The summed E-state index contributed by atoms with van der Waals surface area (Å²) in [7, 11) is 0. The van der Waals surface area contributed by atoms with E-state index in [2.05, 4.69) is 31.9 Å². The number of nitrogens with zero attached hydrogens (tertiary/aromatic N) is 2. The van der Waals surface area contributed by atoms with Gasteiger partial charge in [0.05, 0.1) is 25.5 Å². The Bertz CT molecular complexity index is 703. The minimum Gasteiger partial charge on any atom is -0.455 e. The molecule has 0 aliphatic carbocycles. The molecule has 5 nitrogen and oxygen atoms in total. The Labute approximate surface area is 131 Å². The number of benzene rings is 2. The third-order valence-electron chi connectivity index (χ3n) is 2.38. The molecule has 0 N–H and O–H groups in total. The molecular formula is C13H6Br2N2O3. The topological polar surface area (TPSA) is 76.2 Å². The molecule has 0 saturated heterocycles. The molecule has 0 aliphatic heterocycles. The molecule has 0 radical (unpaired) electrons. The highest BCUT2D eigenvalue weighted by atomic mass is 79.9. The average molecular weight is 398 g/mol. The Morgan fingerprint density at radius 3 is 2.40 bits per heavy atom. The van der Waals surface area contributed by atoms with Crippen molar-refractivity contribution in [2.24, 2.45) is 0 Å². The van der Waals surface area contributed by atoms with Crippen LogP contribution < -0.4 is 4.74 Å². The van der Waals surface area contributed by atoms with Gasteiger partial charge in [-0.3, -0.25) is 10.1 Å². The maximum atomic E-state index is 10.7. The summed E-state index contributed by atoms with van der Waals surface area (Å²) >= 11 is 6.47. The lowest BCUT2D eigenvalue weighted by Gasteiger charge is -2.10. The summed E-state index contributed by atoms with van der Waals surface area (Å²) in [6.45, 7) is 0. The predicted molar refractivity (Wildman–Crippen MR) is 79.7 cm³/mol. The zero-order valence-electron chi connectivity index (χ0n) is 9.84. The Morgan fingerprint density at radius 2 is 1.85 bits per heavy atom. The Kier molecular flexibility index (Phi) is 4.37. The standard InChI is InChI=1S/C13H6Br2N2O3/c14-11-5-9(17(18)19)6-12(15)13(11)20-10-3-1-2-8(4-10)7-16/h1-6H. The molecule has 0 aromatic heterocycles. The lowest BCUT2D eigenvalue weighted by molar-refractivity contribution is -0.385. The maximum absolute atomic E-state index is 10.7. The smallest absolute Gasteiger partial charge is 0.271 e. The van der Waals surface area contributed by atoms with Crippen LogP contribution in [0.4, 0.5) is 5.69 Å². The number of nitriles is 1. The van der Waals surface area contributed by atoms with E-state index in [0.717, 1.165) is 0 Å². The molecule has 2 rings (SSSR count). The quantitative estimate of drug-likeness (QED) is 0.551. The van der Waals surface area contributed by atoms with Gasteiger partial charge in [-0.2, -0.15) is 5.26 Å². The lowest BCUT2D eigenvalue weighted by Crippen LogP contribution is -1.92. The van der Waals surface area contributed by atoms with Gasteiger partial charge in [0.1, 0.15) is 5.75 Å². The Morgan fingerprint density at radius 1 is 1.20 bits per heavy atom. The molecule has 0 saturated carbocycles. The first-order valence-corrected chi connectivity index (χ1v) is 6.91. The van der Waals surface area contributed by atoms with Gasteiger partial charge in [0, 0.05) is 12.1 Å². The average Bonchev–Trinajstić information content (AvgIpc) is 2.42. The summed E-state index contributed by atoms with van der Waals surface area (Å²) < 4.78 is 6.54. The molecule has 0 amide bonds. The van der Waals surface area contributed by atoms with E-state index in [0.29, 0.717) is 26.0 Å². The van der Waals surface area contributed by atoms with Crippen LogP contribution in [0.5, 0.6) is 11.5 Å². The van der Waals surface area contributed by atoms with E-state index in [1.54, 1.807) is 24.3 Å². The zero-order chi connectivity index (χ0) is 14.7. The Hall–Kier alpha value is -1.91. The molecule has 2 aromatic carbocycles. The van der Waals surface area contributed by atoms with Crippen LogP contribution in [-0.4, -0.2) is 4.92 Å². The van der Waals surface area contributed by atoms with Crippen molar-refractivity contribution in [3.63, 3.8) is 0 Å². The molecule has 0 bridgehead atoms. The van der Waals surface area contributed by atoms with E-state index in [4.69, 9.17) is 10.00 Å². The zero-order valence-corrected chi connectivity index (χ0v) is 13.0. The fourth-order valence-corrected chi connectivity index (χ4v) is 2.82. The van der Waals surface area contributed by atoms with Crippen molar-refractivity contribution in [3.8, 4) is 17.6 Å². The maximum Gasteiger partial charge on any atom is 0.271 e. The summed E-state index contributed by atoms with van der Waals surface area (Å²) in [6.07, 6.45) is 0. The molecule has 0 spiro atoms. The highest BCUT2D eigenvalue weighted by Crippen LogP contribution is 2.39. The molecule has 20 heavy (non-hydrogen) atoms. The number of non-ortho nitro benzene ring substituents is 1. The van der Waals surface area contributed by atoms with Crippen LogP contribution in [0.15, 0.2) is 45.3 Å². The van der Waals surface area contributed by atoms with Crippen molar-refractivity contribution in [1.29, 1.82) is 5.26 Å². The fourth-order valence-electron chi connectivity index (χ4n) is 1.50. The number of halogens is 2. The van der Waals surface area contributed by atoms with Crippen LogP contribution in [0.2, 0.25) is 0 Å². The van der Waals surface area contributed by atoms with Crippen molar-refractivity contribution < 1.29 is 9.66 Å². The van der Waals surface area contributed by atoms with Gasteiger partial charge in [0.15, 0.2) is 5.75 Å². The normalized spacial score (nSPS) is 9.85. The molecule has 2 aromatic rings. The van der Waals surface area contributed by atoms with E-state index in [9.17, 15) is 10.1 Å². The van der Waals surface area contributed by atoms with Gasteiger partial charge in [0.2, 0.25) is 0 Å². The number of nitro groups is 1. The van der Waals surface area contributed by atoms with Crippen molar-refractivity contribution >= 4 is 37.5 Å². The van der Waals surface area contributed by atoms with Crippen molar-refractivity contribution in [1.82, 2.24) is 0 Å². The van der Waals surface area contributed by atoms with E-state index in [1.165, 1.54) is 12.1 Å². The van der Waals surface area contributed by atoms with Crippen LogP contribution >= 0.6 is 31.9 Å². The summed E-state index contributed by atoms with van der Waals surface area (Å²) in [6, 6.07) is 11.4. The molecule has 0 unspecified atom stereocenters. The van der Waals surface area contributed by atoms with Gasteiger partial charge >= 0.3 is 0 Å². The van der Waals surface area contributed by atoms with Crippen molar-refractivity contribution in [3.05, 3.63) is 61.0 Å².